The van der Waals surface area contributed by atoms with E-state index in [-0.39, 0.29) is 29.2 Å². The van der Waals surface area contributed by atoms with Crippen LogP contribution >= 0.6 is 11.8 Å². The van der Waals surface area contributed by atoms with Crippen LogP contribution in [0.2, 0.25) is 0 Å². The smallest absolute Gasteiger partial charge is 0.237 e. The van der Waals surface area contributed by atoms with Crippen molar-refractivity contribution < 1.29 is 13.2 Å². The summed E-state index contributed by atoms with van der Waals surface area (Å²) in [6, 6.07) is 9.25. The molecule has 1 aromatic carbocycles. The van der Waals surface area contributed by atoms with Crippen molar-refractivity contribution in [2.45, 2.75) is 36.5 Å². The topological polar surface area (TPSA) is 98.1 Å². The van der Waals surface area contributed by atoms with Crippen molar-refractivity contribution in [1.29, 1.82) is 0 Å². The summed E-state index contributed by atoms with van der Waals surface area (Å²) in [5, 5.41) is 12.3. The van der Waals surface area contributed by atoms with Gasteiger partial charge >= 0.3 is 0 Å². The van der Waals surface area contributed by atoms with Gasteiger partial charge in [-0.25, -0.2) is 13.1 Å². The van der Waals surface area contributed by atoms with Crippen LogP contribution in [0.4, 0.5) is 5.69 Å². The summed E-state index contributed by atoms with van der Waals surface area (Å²) in [7, 11) is -3.09. The van der Waals surface area contributed by atoms with Crippen LogP contribution in [0.5, 0.6) is 0 Å². The molecule has 8 nitrogen and oxygen atoms in total. The fourth-order valence-electron chi connectivity index (χ4n) is 3.15. The van der Waals surface area contributed by atoms with Crippen molar-refractivity contribution >= 4 is 33.2 Å². The van der Waals surface area contributed by atoms with Gasteiger partial charge in [0.1, 0.15) is 0 Å². The number of hydrogen-bond acceptors (Lipinski definition) is 7. The predicted octanol–water partition coefficient (Wildman–Crippen LogP) is 1.32. The highest BCUT2D eigenvalue weighted by atomic mass is 32.2. The number of amides is 1. The lowest BCUT2D eigenvalue weighted by Crippen LogP contribution is -2.42. The van der Waals surface area contributed by atoms with Gasteiger partial charge in [-0.15, -0.1) is 5.10 Å². The first-order valence-corrected chi connectivity index (χ1v) is 11.3. The fourth-order valence-corrected chi connectivity index (χ4v) is 5.65. The van der Waals surface area contributed by atoms with E-state index in [1.165, 1.54) is 11.8 Å². The van der Waals surface area contributed by atoms with Crippen LogP contribution in [0.1, 0.15) is 25.3 Å². The molecule has 1 saturated heterocycles. The van der Waals surface area contributed by atoms with Gasteiger partial charge in [-0.1, -0.05) is 30.0 Å². The van der Waals surface area contributed by atoms with E-state index >= 15 is 0 Å². The van der Waals surface area contributed by atoms with Gasteiger partial charge in [-0.05, 0) is 41.8 Å². The Bertz CT molecular complexity index is 896. The number of benzene rings is 1. The number of aromatic nitrogens is 4. The Labute approximate surface area is 155 Å². The van der Waals surface area contributed by atoms with Crippen molar-refractivity contribution in [3.8, 4) is 0 Å². The van der Waals surface area contributed by atoms with E-state index in [4.69, 9.17) is 0 Å². The van der Waals surface area contributed by atoms with Gasteiger partial charge in [-0.2, -0.15) is 0 Å². The molecule has 2 fully saturated rings. The summed E-state index contributed by atoms with van der Waals surface area (Å²) in [5.74, 6) is 0.173. The molecule has 1 atom stereocenters. The number of thioether (sulfide) groups is 1. The molecule has 0 N–H and O–H groups in total. The summed E-state index contributed by atoms with van der Waals surface area (Å²) < 4.78 is 25.6. The van der Waals surface area contributed by atoms with Gasteiger partial charge in [0.2, 0.25) is 11.1 Å². The number of nitrogens with zero attached hydrogens (tertiary/aromatic N) is 5. The monoisotopic (exact) mass is 393 g/mol. The number of rotatable bonds is 6. The van der Waals surface area contributed by atoms with E-state index in [0.717, 1.165) is 18.5 Å². The van der Waals surface area contributed by atoms with Gasteiger partial charge in [0.25, 0.3) is 0 Å². The SMILES string of the molecule is O=C(CSc1nnnn1C1CC1)N(c1ccccc1)[C@H]1CCS(=O)(=O)C1. The summed E-state index contributed by atoms with van der Waals surface area (Å²) in [5.41, 5.74) is 0.724. The molecule has 0 spiro atoms. The van der Waals surface area contributed by atoms with Crippen LogP contribution in [0.15, 0.2) is 35.5 Å². The molecule has 1 aliphatic carbocycles. The largest absolute Gasteiger partial charge is 0.308 e. The number of sulfone groups is 1. The van der Waals surface area contributed by atoms with E-state index in [1.807, 2.05) is 30.3 Å². The van der Waals surface area contributed by atoms with Crippen LogP contribution in [-0.4, -0.2) is 57.8 Å². The van der Waals surface area contributed by atoms with Gasteiger partial charge < -0.3 is 4.90 Å². The minimum absolute atomic E-state index is 0.0120. The molecule has 1 aliphatic heterocycles. The third kappa shape index (κ3) is 3.75. The number of carbonyl (C=O) groups is 1. The highest BCUT2D eigenvalue weighted by molar-refractivity contribution is 7.99. The van der Waals surface area contributed by atoms with E-state index in [2.05, 4.69) is 15.5 Å². The third-order valence-electron chi connectivity index (χ3n) is 4.56. The molecule has 0 unspecified atom stereocenters. The van der Waals surface area contributed by atoms with Crippen molar-refractivity contribution in [1.82, 2.24) is 20.2 Å². The molecule has 26 heavy (non-hydrogen) atoms. The lowest BCUT2D eigenvalue weighted by molar-refractivity contribution is -0.116. The van der Waals surface area contributed by atoms with Crippen LogP contribution < -0.4 is 4.90 Å². The van der Waals surface area contributed by atoms with Crippen LogP contribution in [-0.2, 0) is 14.6 Å². The molecule has 2 aromatic rings. The molecule has 4 rings (SSSR count). The molecule has 138 valence electrons. The Morgan fingerprint density at radius 3 is 2.65 bits per heavy atom. The normalized spacial score (nSPS) is 21.6. The van der Waals surface area contributed by atoms with Crippen molar-refractivity contribution in [3.05, 3.63) is 30.3 Å². The van der Waals surface area contributed by atoms with Crippen LogP contribution in [0.25, 0.3) is 0 Å². The van der Waals surface area contributed by atoms with Gasteiger partial charge in [0.05, 0.1) is 29.3 Å². The second-order valence-electron chi connectivity index (χ2n) is 6.58. The summed E-state index contributed by atoms with van der Waals surface area (Å²) in [4.78, 5) is 14.6. The molecule has 2 heterocycles. The van der Waals surface area contributed by atoms with E-state index < -0.39 is 9.84 Å². The molecule has 1 amide bonds. The third-order valence-corrected chi connectivity index (χ3v) is 7.23. The lowest BCUT2D eigenvalue weighted by Gasteiger charge is -2.28. The maximum Gasteiger partial charge on any atom is 0.237 e. The summed E-state index contributed by atoms with van der Waals surface area (Å²) >= 11 is 1.30. The molecular formula is C16H19N5O3S2. The van der Waals surface area contributed by atoms with Crippen molar-refractivity contribution in [3.63, 3.8) is 0 Å². The fraction of sp³-hybridized carbons (Fsp3) is 0.500. The van der Waals surface area contributed by atoms with Gasteiger partial charge in [0, 0.05) is 5.69 Å². The number of carbonyl (C=O) groups excluding carboxylic acids is 1. The maximum atomic E-state index is 13.0. The van der Waals surface area contributed by atoms with Crippen molar-refractivity contribution in [2.75, 3.05) is 22.2 Å². The first kappa shape index (κ1) is 17.5. The average molecular weight is 393 g/mol. The van der Waals surface area contributed by atoms with Gasteiger partial charge in [0.15, 0.2) is 9.84 Å². The number of anilines is 1. The molecule has 2 aliphatic rings. The zero-order valence-electron chi connectivity index (χ0n) is 14.1. The number of hydrogen-bond donors (Lipinski definition) is 0. The van der Waals surface area contributed by atoms with E-state index in [9.17, 15) is 13.2 Å². The summed E-state index contributed by atoms with van der Waals surface area (Å²) in [6.07, 6.45) is 2.58. The Hall–Kier alpha value is -1.94. The zero-order valence-corrected chi connectivity index (χ0v) is 15.7. The van der Waals surface area contributed by atoms with Crippen molar-refractivity contribution in [2.24, 2.45) is 0 Å². The predicted molar refractivity (Wildman–Crippen MR) is 97.8 cm³/mol. The Kier molecular flexibility index (Phi) is 4.70. The standard InChI is InChI=1S/C16H19N5O3S2/c22-15(10-25-16-17-18-19-21(16)13-6-7-13)20(12-4-2-1-3-5-12)14-8-9-26(23,24)11-14/h1-5,13-14H,6-11H2/t14-/m0/s1. The van der Waals surface area contributed by atoms with E-state index in [1.54, 1.807) is 9.58 Å². The minimum Gasteiger partial charge on any atom is -0.308 e. The molecule has 0 bridgehead atoms. The Balaban J connectivity index is 1.51. The van der Waals surface area contributed by atoms with Crippen LogP contribution in [0.3, 0.4) is 0 Å². The molecule has 0 radical (unpaired) electrons. The number of para-hydroxylation sites is 1. The molecular weight excluding hydrogens is 374 g/mol. The molecule has 10 heteroatoms. The van der Waals surface area contributed by atoms with E-state index in [0.29, 0.717) is 17.6 Å². The Morgan fingerprint density at radius 2 is 2.00 bits per heavy atom. The molecule has 1 aromatic heterocycles. The highest BCUT2D eigenvalue weighted by Gasteiger charge is 2.36. The first-order chi connectivity index (χ1) is 12.5. The Morgan fingerprint density at radius 1 is 1.23 bits per heavy atom. The second kappa shape index (κ2) is 6.99. The average Bonchev–Trinajstić information content (AvgIpc) is 3.26. The first-order valence-electron chi connectivity index (χ1n) is 8.52. The lowest BCUT2D eigenvalue weighted by atomic mass is 10.2. The quantitative estimate of drug-likeness (QED) is 0.683. The summed E-state index contributed by atoms with van der Waals surface area (Å²) in [6.45, 7) is 0. The zero-order chi connectivity index (χ0) is 18.1. The molecule has 1 saturated carbocycles. The number of tetrazole rings is 1. The highest BCUT2D eigenvalue weighted by Crippen LogP contribution is 2.36. The minimum atomic E-state index is -3.09. The maximum absolute atomic E-state index is 13.0. The second-order valence-corrected chi connectivity index (χ2v) is 9.75. The van der Waals surface area contributed by atoms with Crippen LogP contribution in [0, 0.1) is 0 Å². The van der Waals surface area contributed by atoms with Gasteiger partial charge in [-0.3, -0.25) is 4.79 Å².